The van der Waals surface area contributed by atoms with Crippen LogP contribution in [0.4, 0.5) is 0 Å². The number of rotatable bonds is 3. The second-order valence-electron chi connectivity index (χ2n) is 2.98. The van der Waals surface area contributed by atoms with Crippen LogP contribution in [0.5, 0.6) is 5.75 Å². The molecule has 4 heteroatoms. The average molecular weight is 215 g/mol. The van der Waals surface area contributed by atoms with E-state index in [-0.39, 0.29) is 6.42 Å². The average Bonchev–Trinajstić information content (AvgIpc) is 2.10. The van der Waals surface area contributed by atoms with Crippen LogP contribution in [-0.4, -0.2) is 18.2 Å². The summed E-state index contributed by atoms with van der Waals surface area (Å²) in [7, 11) is 1.54. The number of carboxylic acid groups (broad SMARTS) is 1. The Kier molecular flexibility index (Phi) is 3.36. The zero-order chi connectivity index (χ0) is 10.7. The highest BCUT2D eigenvalue weighted by Crippen LogP contribution is 2.26. The van der Waals surface area contributed by atoms with E-state index in [1.165, 1.54) is 0 Å². The van der Waals surface area contributed by atoms with Crippen LogP contribution in [-0.2, 0) is 11.2 Å². The largest absolute Gasteiger partial charge is 0.497 e. The Morgan fingerprint density at radius 1 is 1.57 bits per heavy atom. The predicted octanol–water partition coefficient (Wildman–Crippen LogP) is 2.28. The maximum absolute atomic E-state index is 10.5. The van der Waals surface area contributed by atoms with Crippen LogP contribution in [0.15, 0.2) is 12.1 Å². The first-order chi connectivity index (χ1) is 6.54. The molecule has 0 atom stereocenters. The molecule has 0 aliphatic rings. The van der Waals surface area contributed by atoms with Crippen molar-refractivity contribution in [2.24, 2.45) is 0 Å². The fourth-order valence-electron chi connectivity index (χ4n) is 1.24. The maximum atomic E-state index is 10.5. The van der Waals surface area contributed by atoms with Crippen LogP contribution in [0.2, 0.25) is 5.02 Å². The summed E-state index contributed by atoms with van der Waals surface area (Å²) < 4.78 is 5.00. The van der Waals surface area contributed by atoms with E-state index in [2.05, 4.69) is 0 Å². The van der Waals surface area contributed by atoms with Gasteiger partial charge in [-0.1, -0.05) is 11.6 Å². The second kappa shape index (κ2) is 4.33. The van der Waals surface area contributed by atoms with Crippen molar-refractivity contribution in [3.63, 3.8) is 0 Å². The third-order valence-electron chi connectivity index (χ3n) is 1.96. The summed E-state index contributed by atoms with van der Waals surface area (Å²) in [5, 5.41) is 9.09. The fourth-order valence-corrected chi connectivity index (χ4v) is 1.56. The van der Waals surface area contributed by atoms with E-state index >= 15 is 0 Å². The van der Waals surface area contributed by atoms with Gasteiger partial charge in [-0.15, -0.1) is 0 Å². The summed E-state index contributed by atoms with van der Waals surface area (Å²) >= 11 is 5.91. The van der Waals surface area contributed by atoms with Gasteiger partial charge in [-0.2, -0.15) is 0 Å². The van der Waals surface area contributed by atoms with E-state index < -0.39 is 5.97 Å². The number of aryl methyl sites for hydroxylation is 1. The molecule has 0 unspecified atom stereocenters. The van der Waals surface area contributed by atoms with Crippen molar-refractivity contribution < 1.29 is 14.6 Å². The van der Waals surface area contributed by atoms with E-state index in [1.54, 1.807) is 19.2 Å². The number of benzene rings is 1. The molecule has 0 heterocycles. The Bertz CT molecular complexity index is 337. The molecular weight excluding hydrogens is 204 g/mol. The number of ether oxygens (including phenoxy) is 1. The van der Waals surface area contributed by atoms with Crippen molar-refractivity contribution in [1.29, 1.82) is 0 Å². The summed E-state index contributed by atoms with van der Waals surface area (Å²) in [4.78, 5) is 10.5. The molecule has 0 saturated carbocycles. The van der Waals surface area contributed by atoms with Gasteiger partial charge < -0.3 is 9.84 Å². The van der Waals surface area contributed by atoms with Gasteiger partial charge in [0.15, 0.2) is 0 Å². The molecule has 0 spiro atoms. The van der Waals surface area contributed by atoms with Crippen LogP contribution < -0.4 is 4.74 Å². The van der Waals surface area contributed by atoms with Crippen molar-refractivity contribution in [3.05, 3.63) is 28.3 Å². The number of hydrogen-bond donors (Lipinski definition) is 1. The number of hydrogen-bond acceptors (Lipinski definition) is 2. The van der Waals surface area contributed by atoms with Gasteiger partial charge in [0.2, 0.25) is 0 Å². The van der Waals surface area contributed by atoms with Crippen LogP contribution >= 0.6 is 11.6 Å². The number of aliphatic carboxylic acids is 1. The fraction of sp³-hybridized carbons (Fsp3) is 0.300. The third kappa shape index (κ3) is 2.39. The zero-order valence-corrected chi connectivity index (χ0v) is 8.76. The molecule has 3 nitrogen and oxygen atoms in total. The number of carboxylic acids is 1. The highest BCUT2D eigenvalue weighted by molar-refractivity contribution is 6.31. The van der Waals surface area contributed by atoms with E-state index in [4.69, 9.17) is 21.4 Å². The van der Waals surface area contributed by atoms with Gasteiger partial charge in [0.1, 0.15) is 5.75 Å². The Morgan fingerprint density at radius 3 is 2.64 bits per heavy atom. The Balaban J connectivity index is 3.11. The highest BCUT2D eigenvalue weighted by Gasteiger charge is 2.10. The van der Waals surface area contributed by atoms with E-state index in [0.717, 1.165) is 5.56 Å². The van der Waals surface area contributed by atoms with Crippen LogP contribution in [0.25, 0.3) is 0 Å². The van der Waals surface area contributed by atoms with Crippen molar-refractivity contribution in [1.82, 2.24) is 0 Å². The van der Waals surface area contributed by atoms with Crippen LogP contribution in [0.1, 0.15) is 11.1 Å². The van der Waals surface area contributed by atoms with Crippen LogP contribution in [0, 0.1) is 6.92 Å². The lowest BCUT2D eigenvalue weighted by atomic mass is 10.1. The maximum Gasteiger partial charge on any atom is 0.307 e. The van der Waals surface area contributed by atoms with Crippen molar-refractivity contribution in [3.8, 4) is 5.75 Å². The monoisotopic (exact) mass is 214 g/mol. The minimum Gasteiger partial charge on any atom is -0.497 e. The van der Waals surface area contributed by atoms with Gasteiger partial charge in [0.25, 0.3) is 0 Å². The van der Waals surface area contributed by atoms with Crippen molar-refractivity contribution in [2.45, 2.75) is 13.3 Å². The molecule has 1 aromatic carbocycles. The SMILES string of the molecule is COc1cc(C)c(CC(=O)O)c(Cl)c1. The molecular formula is C10H11ClO3. The van der Waals surface area contributed by atoms with E-state index in [0.29, 0.717) is 16.3 Å². The van der Waals surface area contributed by atoms with Gasteiger partial charge in [-0.3, -0.25) is 4.79 Å². The molecule has 1 aromatic rings. The lowest BCUT2D eigenvalue weighted by Crippen LogP contribution is -2.03. The molecule has 0 aliphatic heterocycles. The van der Waals surface area contributed by atoms with Gasteiger partial charge in [-0.25, -0.2) is 0 Å². The van der Waals surface area contributed by atoms with Crippen LogP contribution in [0.3, 0.4) is 0 Å². The Hall–Kier alpha value is -1.22. The zero-order valence-electron chi connectivity index (χ0n) is 8.00. The quantitative estimate of drug-likeness (QED) is 0.840. The molecule has 1 rings (SSSR count). The molecule has 0 amide bonds. The summed E-state index contributed by atoms with van der Waals surface area (Å²) in [5.41, 5.74) is 1.47. The third-order valence-corrected chi connectivity index (χ3v) is 2.29. The molecule has 76 valence electrons. The summed E-state index contributed by atoms with van der Waals surface area (Å²) in [5.74, 6) is -0.248. The van der Waals surface area contributed by atoms with Crippen molar-refractivity contribution >= 4 is 17.6 Å². The standard InChI is InChI=1S/C10H11ClO3/c1-6-3-7(14-2)4-9(11)8(6)5-10(12)13/h3-4H,5H2,1-2H3,(H,12,13). The smallest absolute Gasteiger partial charge is 0.307 e. The minimum absolute atomic E-state index is 0.0609. The lowest BCUT2D eigenvalue weighted by molar-refractivity contribution is -0.136. The second-order valence-corrected chi connectivity index (χ2v) is 3.38. The van der Waals surface area contributed by atoms with E-state index in [1.807, 2.05) is 6.92 Å². The molecule has 0 fully saturated rings. The number of halogens is 1. The summed E-state index contributed by atoms with van der Waals surface area (Å²) in [6, 6.07) is 3.39. The molecule has 0 radical (unpaired) electrons. The first-order valence-corrected chi connectivity index (χ1v) is 4.47. The topological polar surface area (TPSA) is 46.5 Å². The summed E-state index contributed by atoms with van der Waals surface area (Å²) in [6.07, 6.45) is -0.0609. The number of carbonyl (C=O) groups is 1. The Morgan fingerprint density at radius 2 is 2.21 bits per heavy atom. The molecule has 0 aliphatic carbocycles. The Labute approximate surface area is 87.3 Å². The van der Waals surface area contributed by atoms with E-state index in [9.17, 15) is 4.79 Å². The first-order valence-electron chi connectivity index (χ1n) is 4.09. The van der Waals surface area contributed by atoms with Gasteiger partial charge in [0.05, 0.1) is 13.5 Å². The first kappa shape index (κ1) is 10.9. The highest BCUT2D eigenvalue weighted by atomic mass is 35.5. The lowest BCUT2D eigenvalue weighted by Gasteiger charge is -2.08. The predicted molar refractivity (Wildman–Crippen MR) is 54.1 cm³/mol. The van der Waals surface area contributed by atoms with Crippen molar-refractivity contribution in [2.75, 3.05) is 7.11 Å². The van der Waals surface area contributed by atoms with Gasteiger partial charge in [-0.05, 0) is 30.2 Å². The molecule has 14 heavy (non-hydrogen) atoms. The van der Waals surface area contributed by atoms with Gasteiger partial charge in [0, 0.05) is 5.02 Å². The van der Waals surface area contributed by atoms with Gasteiger partial charge >= 0.3 is 5.97 Å². The molecule has 0 saturated heterocycles. The molecule has 0 bridgehead atoms. The minimum atomic E-state index is -0.889. The molecule has 0 aromatic heterocycles. The summed E-state index contributed by atoms with van der Waals surface area (Å²) in [6.45, 7) is 1.81. The number of methoxy groups -OCH3 is 1. The molecule has 1 N–H and O–H groups in total. The normalized spacial score (nSPS) is 9.93.